The Labute approximate surface area is 149 Å². The summed E-state index contributed by atoms with van der Waals surface area (Å²) < 4.78 is 42.3. The third-order valence-electron chi connectivity index (χ3n) is 3.16. The average Bonchev–Trinajstić information content (AvgIpc) is 2.57. The Morgan fingerprint density at radius 1 is 1.32 bits per heavy atom. The van der Waals surface area contributed by atoms with Gasteiger partial charge in [0.1, 0.15) is 0 Å². The molecule has 0 radical (unpaired) electrons. The van der Waals surface area contributed by atoms with Crippen molar-refractivity contribution in [3.8, 4) is 0 Å². The number of esters is 1. The number of alkyl halides is 3. The maximum atomic E-state index is 12.6. The number of nitrogens with one attached hydrogen (secondary N) is 2. The van der Waals surface area contributed by atoms with Crippen LogP contribution in [0.15, 0.2) is 29.4 Å². The zero-order chi connectivity index (χ0) is 18.7. The Morgan fingerprint density at radius 3 is 2.76 bits per heavy atom. The van der Waals surface area contributed by atoms with Crippen LogP contribution in [0.1, 0.15) is 36.8 Å². The van der Waals surface area contributed by atoms with Crippen molar-refractivity contribution in [1.82, 2.24) is 10.7 Å². The lowest BCUT2D eigenvalue weighted by molar-refractivity contribution is -0.140. The van der Waals surface area contributed by atoms with Gasteiger partial charge in [0.15, 0.2) is 5.11 Å². The van der Waals surface area contributed by atoms with Crippen molar-refractivity contribution in [3.63, 3.8) is 0 Å². The Bertz CT molecular complexity index is 607. The maximum absolute atomic E-state index is 12.6. The number of carbonyl (C=O) groups excluding carboxylic acids is 1. The quantitative estimate of drug-likeness (QED) is 0.240. The highest BCUT2D eigenvalue weighted by molar-refractivity contribution is 7.80. The highest BCUT2D eigenvalue weighted by Crippen LogP contribution is 2.29. The normalized spacial score (nSPS) is 11.4. The maximum Gasteiger partial charge on any atom is 0.416 e. The first-order chi connectivity index (χ1) is 11.8. The van der Waals surface area contributed by atoms with E-state index in [1.165, 1.54) is 25.5 Å². The molecule has 2 N–H and O–H groups in total. The van der Waals surface area contributed by atoms with E-state index in [0.717, 1.165) is 31.4 Å². The molecule has 0 bridgehead atoms. The summed E-state index contributed by atoms with van der Waals surface area (Å²) in [5.74, 6) is -0.228. The summed E-state index contributed by atoms with van der Waals surface area (Å²) >= 11 is 5.00. The second kappa shape index (κ2) is 10.7. The molecule has 9 heteroatoms. The molecule has 138 valence electrons. The molecule has 0 atom stereocenters. The van der Waals surface area contributed by atoms with Gasteiger partial charge in [0.25, 0.3) is 0 Å². The van der Waals surface area contributed by atoms with Crippen molar-refractivity contribution < 1.29 is 22.7 Å². The molecule has 0 unspecified atom stereocenters. The molecule has 1 rings (SSSR count). The molecular formula is C16H20F3N3O2S. The topological polar surface area (TPSA) is 62.7 Å². The van der Waals surface area contributed by atoms with Crippen molar-refractivity contribution >= 4 is 29.5 Å². The molecule has 25 heavy (non-hydrogen) atoms. The zero-order valence-electron chi connectivity index (χ0n) is 13.7. The number of halogens is 3. The fourth-order valence-corrected chi connectivity index (χ4v) is 2.03. The van der Waals surface area contributed by atoms with Crippen LogP contribution >= 0.6 is 12.2 Å². The highest BCUT2D eigenvalue weighted by Gasteiger charge is 2.30. The molecule has 0 heterocycles. The summed E-state index contributed by atoms with van der Waals surface area (Å²) in [6.07, 6.45) is -0.335. The molecule has 0 spiro atoms. The van der Waals surface area contributed by atoms with Gasteiger partial charge in [-0.1, -0.05) is 18.6 Å². The molecule has 0 amide bonds. The lowest BCUT2D eigenvalue weighted by Gasteiger charge is -2.07. The Morgan fingerprint density at radius 2 is 2.08 bits per heavy atom. The van der Waals surface area contributed by atoms with Crippen molar-refractivity contribution in [2.45, 2.75) is 31.9 Å². The molecule has 0 aliphatic heterocycles. The largest absolute Gasteiger partial charge is 0.469 e. The van der Waals surface area contributed by atoms with Crippen LogP contribution in [0.25, 0.3) is 0 Å². The fraction of sp³-hybridized carbons (Fsp3) is 0.438. The van der Waals surface area contributed by atoms with Gasteiger partial charge in [-0.3, -0.25) is 10.2 Å². The molecule has 0 saturated heterocycles. The average molecular weight is 375 g/mol. The molecule has 5 nitrogen and oxygen atoms in total. The van der Waals surface area contributed by atoms with E-state index in [1.54, 1.807) is 0 Å². The highest BCUT2D eigenvalue weighted by atomic mass is 32.1. The van der Waals surface area contributed by atoms with Crippen LogP contribution < -0.4 is 10.7 Å². The molecule has 0 aromatic heterocycles. The third-order valence-corrected chi connectivity index (χ3v) is 3.40. The number of ether oxygens (including phenoxy) is 1. The second-order valence-corrected chi connectivity index (χ2v) is 5.54. The number of unbranched alkanes of at least 4 members (excludes halogenated alkanes) is 2. The van der Waals surface area contributed by atoms with E-state index in [0.29, 0.717) is 18.5 Å². The monoisotopic (exact) mass is 375 g/mol. The minimum Gasteiger partial charge on any atom is -0.469 e. The molecule has 0 saturated carbocycles. The number of nitrogens with zero attached hydrogens (tertiary/aromatic N) is 1. The van der Waals surface area contributed by atoms with E-state index < -0.39 is 11.7 Å². The summed E-state index contributed by atoms with van der Waals surface area (Å²) in [6.45, 7) is 0.603. The molecule has 0 fully saturated rings. The number of benzene rings is 1. The van der Waals surface area contributed by atoms with Gasteiger partial charge in [0, 0.05) is 13.0 Å². The summed E-state index contributed by atoms with van der Waals surface area (Å²) in [4.78, 5) is 10.9. The van der Waals surface area contributed by atoms with Gasteiger partial charge >= 0.3 is 12.1 Å². The summed E-state index contributed by atoms with van der Waals surface area (Å²) in [6, 6.07) is 4.83. The lowest BCUT2D eigenvalue weighted by Crippen LogP contribution is -2.32. The molecular weight excluding hydrogens is 355 g/mol. The van der Waals surface area contributed by atoms with Gasteiger partial charge < -0.3 is 10.1 Å². The number of methoxy groups -OCH3 is 1. The Kier molecular flexibility index (Phi) is 8.90. The van der Waals surface area contributed by atoms with Gasteiger partial charge in [0.2, 0.25) is 0 Å². The third kappa shape index (κ3) is 9.04. The second-order valence-electron chi connectivity index (χ2n) is 5.14. The van der Waals surface area contributed by atoms with E-state index in [-0.39, 0.29) is 11.1 Å². The van der Waals surface area contributed by atoms with E-state index >= 15 is 0 Å². The van der Waals surface area contributed by atoms with Gasteiger partial charge in [-0.25, -0.2) is 0 Å². The van der Waals surface area contributed by atoms with Gasteiger partial charge in [-0.05, 0) is 42.8 Å². The molecule has 0 aliphatic rings. The number of hydrazone groups is 1. The number of hydrogen-bond donors (Lipinski definition) is 2. The SMILES string of the molecule is COC(=O)CCCCCNC(=S)N/N=C\c1cccc(C(F)(F)F)c1. The fourth-order valence-electron chi connectivity index (χ4n) is 1.88. The predicted molar refractivity (Wildman–Crippen MR) is 93.3 cm³/mol. The molecule has 1 aromatic carbocycles. The van der Waals surface area contributed by atoms with E-state index in [2.05, 4.69) is 20.6 Å². The Balaban J connectivity index is 2.26. The first kappa shape index (κ1) is 20.9. The minimum atomic E-state index is -4.39. The molecule has 1 aromatic rings. The van der Waals surface area contributed by atoms with Gasteiger partial charge in [-0.15, -0.1) is 0 Å². The van der Waals surface area contributed by atoms with Crippen LogP contribution in [0.4, 0.5) is 13.2 Å². The van der Waals surface area contributed by atoms with Gasteiger partial charge in [-0.2, -0.15) is 18.3 Å². The van der Waals surface area contributed by atoms with Crippen molar-refractivity contribution in [2.75, 3.05) is 13.7 Å². The first-order valence-corrected chi connectivity index (χ1v) is 8.04. The van der Waals surface area contributed by atoms with E-state index in [9.17, 15) is 18.0 Å². The van der Waals surface area contributed by atoms with Crippen LogP contribution in [-0.4, -0.2) is 31.0 Å². The van der Waals surface area contributed by atoms with Crippen LogP contribution in [0.5, 0.6) is 0 Å². The number of carbonyl (C=O) groups is 1. The minimum absolute atomic E-state index is 0.228. The Hall–Kier alpha value is -2.16. The summed E-state index contributed by atoms with van der Waals surface area (Å²) in [5.41, 5.74) is 2.12. The lowest BCUT2D eigenvalue weighted by atomic mass is 10.1. The van der Waals surface area contributed by atoms with Gasteiger partial charge in [0.05, 0.1) is 18.9 Å². The van der Waals surface area contributed by atoms with Crippen LogP contribution in [0.3, 0.4) is 0 Å². The molecule has 0 aliphatic carbocycles. The van der Waals surface area contributed by atoms with Crippen LogP contribution in [0, 0.1) is 0 Å². The van der Waals surface area contributed by atoms with Crippen molar-refractivity contribution in [3.05, 3.63) is 35.4 Å². The number of rotatable bonds is 8. The zero-order valence-corrected chi connectivity index (χ0v) is 14.5. The summed E-state index contributed by atoms with van der Waals surface area (Å²) in [7, 11) is 1.36. The first-order valence-electron chi connectivity index (χ1n) is 7.64. The van der Waals surface area contributed by atoms with Crippen molar-refractivity contribution in [2.24, 2.45) is 5.10 Å². The summed E-state index contributed by atoms with van der Waals surface area (Å²) in [5, 5.41) is 7.00. The smallest absolute Gasteiger partial charge is 0.416 e. The predicted octanol–water partition coefficient (Wildman–Crippen LogP) is 3.24. The van der Waals surface area contributed by atoms with Crippen LogP contribution in [0.2, 0.25) is 0 Å². The standard InChI is InChI=1S/C16H20F3N3O2S/c1-24-14(23)8-3-2-4-9-20-15(25)22-21-11-12-6-5-7-13(10-12)16(17,18)19/h5-7,10-11H,2-4,8-9H2,1H3,(H2,20,22,25)/b21-11-. The number of thiocarbonyl (C=S) groups is 1. The number of hydrogen-bond acceptors (Lipinski definition) is 4. The van der Waals surface area contributed by atoms with Crippen LogP contribution in [-0.2, 0) is 15.7 Å². The van der Waals surface area contributed by atoms with E-state index in [4.69, 9.17) is 12.2 Å². The van der Waals surface area contributed by atoms with Crippen molar-refractivity contribution in [1.29, 1.82) is 0 Å². The van der Waals surface area contributed by atoms with E-state index in [1.807, 2.05) is 0 Å².